The molecule has 5 rings (SSSR count). The van der Waals surface area contributed by atoms with E-state index in [0.29, 0.717) is 39.3 Å². The Labute approximate surface area is 203 Å². The van der Waals surface area contributed by atoms with Gasteiger partial charge in [0.1, 0.15) is 15.8 Å². The first kappa shape index (κ1) is 23.5. The van der Waals surface area contributed by atoms with Gasteiger partial charge in [0.15, 0.2) is 0 Å². The van der Waals surface area contributed by atoms with E-state index in [2.05, 4.69) is 26.8 Å². The fourth-order valence-electron chi connectivity index (χ4n) is 4.56. The minimum atomic E-state index is -4.47. The molecule has 5 heterocycles. The summed E-state index contributed by atoms with van der Waals surface area (Å²) < 4.78 is 41.0. The molecule has 0 atom stereocenters. The van der Waals surface area contributed by atoms with Crippen molar-refractivity contribution in [3.63, 3.8) is 0 Å². The quantitative estimate of drug-likeness (QED) is 0.500. The first-order chi connectivity index (χ1) is 16.2. The third kappa shape index (κ3) is 4.66. The van der Waals surface area contributed by atoms with Gasteiger partial charge in [-0.15, -0.1) is 11.3 Å². The van der Waals surface area contributed by atoms with E-state index in [9.17, 15) is 18.0 Å². The summed E-state index contributed by atoms with van der Waals surface area (Å²) in [7, 11) is 2.08. The molecule has 0 saturated carbocycles. The first-order valence-corrected chi connectivity index (χ1v) is 12.3. The van der Waals surface area contributed by atoms with E-state index in [1.54, 1.807) is 22.2 Å². The van der Waals surface area contributed by atoms with Crippen LogP contribution in [-0.4, -0.2) is 70.7 Å². The monoisotopic (exact) mass is 512 g/mol. The van der Waals surface area contributed by atoms with Crippen molar-refractivity contribution in [2.24, 2.45) is 0 Å². The number of hydrogen-bond acceptors (Lipinski definition) is 7. The summed E-state index contributed by atoms with van der Waals surface area (Å²) in [5.74, 6) is 0.234. The van der Waals surface area contributed by atoms with Crippen LogP contribution in [0, 0.1) is 0 Å². The Kier molecular flexibility index (Phi) is 6.30. The van der Waals surface area contributed by atoms with Gasteiger partial charge in [-0.1, -0.05) is 11.6 Å². The predicted molar refractivity (Wildman–Crippen MR) is 127 cm³/mol. The predicted octanol–water partition coefficient (Wildman–Crippen LogP) is 3.34. The van der Waals surface area contributed by atoms with Crippen LogP contribution >= 0.6 is 22.9 Å². The zero-order valence-electron chi connectivity index (χ0n) is 18.6. The molecule has 0 bridgehead atoms. The van der Waals surface area contributed by atoms with Crippen LogP contribution in [0.15, 0.2) is 23.3 Å². The van der Waals surface area contributed by atoms with E-state index >= 15 is 0 Å². The molecule has 3 aromatic rings. The van der Waals surface area contributed by atoms with Crippen molar-refractivity contribution >= 4 is 39.0 Å². The number of hydrogen-bond donors (Lipinski definition) is 0. The molecule has 2 aliphatic rings. The van der Waals surface area contributed by atoms with Gasteiger partial charge in [0, 0.05) is 57.2 Å². The highest BCUT2D eigenvalue weighted by Crippen LogP contribution is 2.33. The lowest BCUT2D eigenvalue weighted by Crippen LogP contribution is -2.48. The number of alkyl halides is 3. The van der Waals surface area contributed by atoms with Gasteiger partial charge in [0.25, 0.3) is 5.56 Å². The minimum Gasteiger partial charge on any atom is -0.354 e. The number of pyridine rings is 1. The van der Waals surface area contributed by atoms with Gasteiger partial charge in [-0.25, -0.2) is 9.97 Å². The molecular formula is C22H24ClF3N6OS. The number of rotatable bonds is 4. The van der Waals surface area contributed by atoms with Crippen LogP contribution in [0.5, 0.6) is 0 Å². The minimum absolute atomic E-state index is 0.00787. The van der Waals surface area contributed by atoms with Gasteiger partial charge in [-0.2, -0.15) is 13.2 Å². The number of piperazine rings is 1. The molecule has 12 heteroatoms. The highest BCUT2D eigenvalue weighted by molar-refractivity contribution is 7.18. The first-order valence-electron chi connectivity index (χ1n) is 11.1. The molecule has 182 valence electrons. The van der Waals surface area contributed by atoms with Crippen LogP contribution < -0.4 is 10.5 Å². The molecule has 0 unspecified atom stereocenters. The molecule has 0 N–H and O–H groups in total. The summed E-state index contributed by atoms with van der Waals surface area (Å²) in [6.45, 7) is 5.33. The number of fused-ring (bicyclic) bond motifs is 3. The molecule has 0 amide bonds. The molecule has 3 aromatic heterocycles. The molecule has 1 fully saturated rings. The van der Waals surface area contributed by atoms with Crippen molar-refractivity contribution in [2.45, 2.75) is 25.7 Å². The molecule has 7 nitrogen and oxygen atoms in total. The maximum absolute atomic E-state index is 13.2. The summed E-state index contributed by atoms with van der Waals surface area (Å²) in [4.78, 5) is 30.1. The van der Waals surface area contributed by atoms with Crippen molar-refractivity contribution in [2.75, 3.05) is 51.2 Å². The SMILES string of the molecule is CN1CCc2c(sc3ncn(CCN4CCN(c5cc(C(F)(F)F)cc(Cl)n5)CC4)c(=O)c23)C1. The van der Waals surface area contributed by atoms with Gasteiger partial charge >= 0.3 is 6.18 Å². The van der Waals surface area contributed by atoms with Crippen LogP contribution in [0.3, 0.4) is 0 Å². The highest BCUT2D eigenvalue weighted by atomic mass is 35.5. The normalized spacial score (nSPS) is 18.0. The number of aromatic nitrogens is 3. The Morgan fingerprint density at radius 1 is 1.12 bits per heavy atom. The number of anilines is 1. The molecule has 0 spiro atoms. The summed E-state index contributed by atoms with van der Waals surface area (Å²) in [6.07, 6.45) is -1.98. The number of likely N-dealkylation sites (N-methyl/N-ethyl adjacent to an activating group) is 1. The lowest BCUT2D eigenvalue weighted by Gasteiger charge is -2.35. The highest BCUT2D eigenvalue weighted by Gasteiger charge is 2.32. The molecule has 34 heavy (non-hydrogen) atoms. The van der Waals surface area contributed by atoms with Crippen LogP contribution in [0.4, 0.5) is 19.0 Å². The smallest absolute Gasteiger partial charge is 0.354 e. The van der Waals surface area contributed by atoms with E-state index in [1.807, 2.05) is 4.90 Å². The van der Waals surface area contributed by atoms with E-state index in [1.165, 1.54) is 4.88 Å². The Hall–Kier alpha value is -2.21. The summed E-state index contributed by atoms with van der Waals surface area (Å²) >= 11 is 7.44. The Balaban J connectivity index is 1.24. The van der Waals surface area contributed by atoms with Crippen LogP contribution in [0.2, 0.25) is 5.15 Å². The van der Waals surface area contributed by atoms with Crippen molar-refractivity contribution in [3.8, 4) is 0 Å². The summed E-state index contributed by atoms with van der Waals surface area (Å²) in [5.41, 5.74) is 0.355. The standard InChI is InChI=1S/C22H24ClF3N6OS/c1-29-3-2-15-16(12-29)34-20-19(15)21(33)32(13-27-20)9-6-30-4-7-31(8-5-30)18-11-14(22(24,25)26)10-17(23)28-18/h10-11,13H,2-9,12H2,1H3. The lowest BCUT2D eigenvalue weighted by molar-refractivity contribution is -0.137. The molecule has 2 aliphatic heterocycles. The average Bonchev–Trinajstić information content (AvgIpc) is 3.16. The second kappa shape index (κ2) is 9.10. The second-order valence-corrected chi connectivity index (χ2v) is 10.2. The Morgan fingerprint density at radius 2 is 1.88 bits per heavy atom. The summed E-state index contributed by atoms with van der Waals surface area (Å²) in [6, 6.07) is 1.88. The fraction of sp³-hybridized carbons (Fsp3) is 0.500. The van der Waals surface area contributed by atoms with E-state index < -0.39 is 11.7 Å². The zero-order valence-corrected chi connectivity index (χ0v) is 20.2. The third-order valence-electron chi connectivity index (χ3n) is 6.48. The number of halogens is 4. The van der Waals surface area contributed by atoms with Crippen molar-refractivity contribution in [1.82, 2.24) is 24.3 Å². The van der Waals surface area contributed by atoms with Crippen LogP contribution in [0.25, 0.3) is 10.2 Å². The maximum Gasteiger partial charge on any atom is 0.416 e. The zero-order chi connectivity index (χ0) is 24.0. The average molecular weight is 513 g/mol. The van der Waals surface area contributed by atoms with Gasteiger partial charge in [0.05, 0.1) is 17.3 Å². The molecule has 0 aromatic carbocycles. The van der Waals surface area contributed by atoms with Crippen LogP contribution in [-0.2, 0) is 25.7 Å². The molecular weight excluding hydrogens is 489 g/mol. The molecule has 0 aliphatic carbocycles. The Morgan fingerprint density at radius 3 is 2.62 bits per heavy atom. The largest absolute Gasteiger partial charge is 0.416 e. The number of nitrogens with zero attached hydrogens (tertiary/aromatic N) is 6. The second-order valence-electron chi connectivity index (χ2n) is 8.78. The van der Waals surface area contributed by atoms with Gasteiger partial charge in [-0.3, -0.25) is 14.3 Å². The third-order valence-corrected chi connectivity index (χ3v) is 7.80. The van der Waals surface area contributed by atoms with Gasteiger partial charge < -0.3 is 9.80 Å². The van der Waals surface area contributed by atoms with Crippen LogP contribution in [0.1, 0.15) is 16.0 Å². The summed E-state index contributed by atoms with van der Waals surface area (Å²) in [5, 5.41) is 0.588. The topological polar surface area (TPSA) is 57.5 Å². The Bertz CT molecular complexity index is 1270. The van der Waals surface area contributed by atoms with Crippen molar-refractivity contribution in [3.05, 3.63) is 50.0 Å². The van der Waals surface area contributed by atoms with Crippen molar-refractivity contribution < 1.29 is 13.2 Å². The fourth-order valence-corrected chi connectivity index (χ4v) is 6.03. The molecule has 0 radical (unpaired) electrons. The maximum atomic E-state index is 13.2. The van der Waals surface area contributed by atoms with Gasteiger partial charge in [-0.05, 0) is 31.2 Å². The number of thiophene rings is 1. The van der Waals surface area contributed by atoms with Gasteiger partial charge in [0.2, 0.25) is 0 Å². The van der Waals surface area contributed by atoms with E-state index in [4.69, 9.17) is 11.6 Å². The lowest BCUT2D eigenvalue weighted by atomic mass is 10.1. The van der Waals surface area contributed by atoms with Crippen molar-refractivity contribution in [1.29, 1.82) is 0 Å². The van der Waals surface area contributed by atoms with E-state index in [0.717, 1.165) is 47.4 Å². The molecule has 1 saturated heterocycles. The van der Waals surface area contributed by atoms with E-state index in [-0.39, 0.29) is 16.5 Å².